The van der Waals surface area contributed by atoms with E-state index in [1.54, 1.807) is 0 Å². The lowest BCUT2D eigenvalue weighted by molar-refractivity contribution is -0.220. The van der Waals surface area contributed by atoms with E-state index in [1.165, 1.54) is 10.9 Å². The Kier molecular flexibility index (Phi) is 2.02. The van der Waals surface area contributed by atoms with Crippen LogP contribution in [0.15, 0.2) is 15.9 Å². The van der Waals surface area contributed by atoms with Gasteiger partial charge in [-0.15, -0.1) is 0 Å². The highest BCUT2D eigenvalue weighted by Gasteiger charge is 2.37. The fourth-order valence-electron chi connectivity index (χ4n) is 1.05. The summed E-state index contributed by atoms with van der Waals surface area (Å²) < 4.78 is 38.5. The fraction of sp³-hybridized carbons (Fsp3) is 0.333. The molecular formula is C6H4BrF3N4. The zero-order valence-electron chi connectivity index (χ0n) is 6.66. The van der Waals surface area contributed by atoms with Crippen molar-refractivity contribution in [3.63, 3.8) is 0 Å². The molecule has 1 aliphatic rings. The van der Waals surface area contributed by atoms with Gasteiger partial charge in [-0.3, -0.25) is 4.90 Å². The standard InChI is InChI=1S/C6H4BrF3N4/c7-4-1-11-5-2-13(6(8,9)10)3-12-14(4)5/h1,3H,2H2. The number of alkyl halides is 3. The summed E-state index contributed by atoms with van der Waals surface area (Å²) in [5.41, 5.74) is 0. The first-order chi connectivity index (χ1) is 6.48. The molecule has 0 atom stereocenters. The van der Waals surface area contributed by atoms with E-state index in [0.717, 1.165) is 6.34 Å². The van der Waals surface area contributed by atoms with Gasteiger partial charge in [0.05, 0.1) is 12.7 Å². The summed E-state index contributed by atoms with van der Waals surface area (Å²) in [5.74, 6) is 0.247. The zero-order chi connectivity index (χ0) is 10.3. The first-order valence-electron chi connectivity index (χ1n) is 3.58. The summed E-state index contributed by atoms with van der Waals surface area (Å²) in [7, 11) is 0. The Morgan fingerprint density at radius 2 is 2.14 bits per heavy atom. The van der Waals surface area contributed by atoms with Crippen molar-refractivity contribution in [2.24, 2.45) is 5.10 Å². The molecule has 14 heavy (non-hydrogen) atoms. The van der Waals surface area contributed by atoms with Gasteiger partial charge in [-0.25, -0.2) is 9.66 Å². The highest BCUT2D eigenvalue weighted by Crippen LogP contribution is 2.25. The Balaban J connectivity index is 2.31. The highest BCUT2D eigenvalue weighted by atomic mass is 79.9. The summed E-state index contributed by atoms with van der Waals surface area (Å²) in [4.78, 5) is 3.95. The summed E-state index contributed by atoms with van der Waals surface area (Å²) in [5, 5.41) is 3.59. The number of fused-ring (bicyclic) bond motifs is 1. The molecule has 4 nitrogen and oxygen atoms in total. The molecule has 0 fully saturated rings. The second-order valence-corrected chi connectivity index (χ2v) is 3.45. The minimum atomic E-state index is -4.41. The van der Waals surface area contributed by atoms with Crippen LogP contribution in [-0.4, -0.2) is 27.2 Å². The van der Waals surface area contributed by atoms with Gasteiger partial charge in [-0.1, -0.05) is 0 Å². The van der Waals surface area contributed by atoms with Crippen LogP contribution in [0, 0.1) is 0 Å². The van der Waals surface area contributed by atoms with E-state index < -0.39 is 6.30 Å². The molecule has 0 saturated heterocycles. The second kappa shape index (κ2) is 2.97. The molecule has 76 valence electrons. The van der Waals surface area contributed by atoms with E-state index >= 15 is 0 Å². The number of rotatable bonds is 0. The van der Waals surface area contributed by atoms with Crippen molar-refractivity contribution in [3.05, 3.63) is 16.6 Å². The van der Waals surface area contributed by atoms with Crippen LogP contribution in [0.25, 0.3) is 0 Å². The van der Waals surface area contributed by atoms with Crippen molar-refractivity contribution in [1.29, 1.82) is 0 Å². The van der Waals surface area contributed by atoms with Crippen molar-refractivity contribution >= 4 is 22.3 Å². The minimum absolute atomic E-state index is 0.168. The van der Waals surface area contributed by atoms with Crippen molar-refractivity contribution in [2.75, 3.05) is 0 Å². The first-order valence-corrected chi connectivity index (χ1v) is 4.38. The molecule has 2 heterocycles. The maximum atomic E-state index is 12.2. The maximum absolute atomic E-state index is 12.2. The van der Waals surface area contributed by atoms with Gasteiger partial charge in [0.15, 0.2) is 5.82 Å². The molecule has 1 aliphatic heterocycles. The maximum Gasteiger partial charge on any atom is 0.486 e. The van der Waals surface area contributed by atoms with Crippen molar-refractivity contribution < 1.29 is 13.2 Å². The van der Waals surface area contributed by atoms with Crippen LogP contribution < -0.4 is 0 Å². The predicted molar refractivity (Wildman–Crippen MR) is 45.4 cm³/mol. The smallest absolute Gasteiger partial charge is 0.265 e. The SMILES string of the molecule is FC(F)(F)N1C=Nn2c(Br)cnc2C1. The predicted octanol–water partition coefficient (Wildman–Crippen LogP) is 1.77. The van der Waals surface area contributed by atoms with Crippen molar-refractivity contribution in [2.45, 2.75) is 12.8 Å². The number of halogens is 4. The van der Waals surface area contributed by atoms with Gasteiger partial charge in [-0.05, 0) is 15.9 Å². The Morgan fingerprint density at radius 1 is 1.43 bits per heavy atom. The van der Waals surface area contributed by atoms with Gasteiger partial charge in [0.25, 0.3) is 0 Å². The average Bonchev–Trinajstić information content (AvgIpc) is 2.46. The van der Waals surface area contributed by atoms with E-state index in [1.807, 2.05) is 0 Å². The topological polar surface area (TPSA) is 33.4 Å². The van der Waals surface area contributed by atoms with Crippen LogP contribution in [0.5, 0.6) is 0 Å². The minimum Gasteiger partial charge on any atom is -0.265 e. The third kappa shape index (κ3) is 1.49. The number of imidazole rings is 1. The van der Waals surface area contributed by atoms with Gasteiger partial charge >= 0.3 is 6.30 Å². The van der Waals surface area contributed by atoms with Crippen LogP contribution in [-0.2, 0) is 6.54 Å². The van der Waals surface area contributed by atoms with Gasteiger partial charge in [0.1, 0.15) is 10.9 Å². The summed E-state index contributed by atoms with van der Waals surface area (Å²) in [6.07, 6.45) is -2.26. The zero-order valence-corrected chi connectivity index (χ0v) is 8.25. The molecule has 0 saturated carbocycles. The normalized spacial score (nSPS) is 15.9. The van der Waals surface area contributed by atoms with E-state index in [4.69, 9.17) is 0 Å². The Labute approximate surface area is 85.1 Å². The van der Waals surface area contributed by atoms with Crippen molar-refractivity contribution in [3.8, 4) is 0 Å². The number of hydrogen-bond acceptors (Lipinski definition) is 3. The summed E-state index contributed by atoms with van der Waals surface area (Å²) >= 11 is 3.11. The van der Waals surface area contributed by atoms with Crippen molar-refractivity contribution in [1.82, 2.24) is 14.6 Å². The lowest BCUT2D eigenvalue weighted by atomic mass is 10.5. The van der Waals surface area contributed by atoms with E-state index in [0.29, 0.717) is 4.60 Å². The third-order valence-electron chi connectivity index (χ3n) is 1.71. The largest absolute Gasteiger partial charge is 0.486 e. The quantitative estimate of drug-likeness (QED) is 0.672. The molecule has 2 rings (SSSR count). The average molecular weight is 269 g/mol. The Morgan fingerprint density at radius 3 is 2.79 bits per heavy atom. The van der Waals surface area contributed by atoms with E-state index in [-0.39, 0.29) is 17.3 Å². The molecular weight excluding hydrogens is 265 g/mol. The molecule has 0 amide bonds. The number of hydrogen-bond donors (Lipinski definition) is 0. The number of aromatic nitrogens is 2. The van der Waals surface area contributed by atoms with E-state index in [9.17, 15) is 13.2 Å². The molecule has 0 N–H and O–H groups in total. The lowest BCUT2D eigenvalue weighted by Gasteiger charge is -2.24. The molecule has 0 aliphatic carbocycles. The van der Waals surface area contributed by atoms with Crippen LogP contribution >= 0.6 is 15.9 Å². The Bertz CT molecular complexity index is 383. The molecule has 1 aromatic rings. The highest BCUT2D eigenvalue weighted by molar-refractivity contribution is 9.10. The Hall–Kier alpha value is -1.05. The molecule has 1 aromatic heterocycles. The molecule has 0 aromatic carbocycles. The third-order valence-corrected chi connectivity index (χ3v) is 2.25. The van der Waals surface area contributed by atoms with Crippen LogP contribution in [0.1, 0.15) is 5.82 Å². The lowest BCUT2D eigenvalue weighted by Crippen LogP contribution is -2.39. The molecule has 0 bridgehead atoms. The summed E-state index contributed by atoms with van der Waals surface area (Å²) in [6.45, 7) is -0.321. The van der Waals surface area contributed by atoms with Gasteiger partial charge in [-0.2, -0.15) is 18.3 Å². The molecule has 0 spiro atoms. The molecule has 0 radical (unpaired) electrons. The number of nitrogens with zero attached hydrogens (tertiary/aromatic N) is 4. The van der Waals surface area contributed by atoms with Crippen LogP contribution in [0.4, 0.5) is 13.2 Å². The van der Waals surface area contributed by atoms with Gasteiger partial charge in [0, 0.05) is 0 Å². The molecule has 0 unspecified atom stereocenters. The second-order valence-electron chi connectivity index (χ2n) is 2.64. The van der Waals surface area contributed by atoms with E-state index in [2.05, 4.69) is 26.0 Å². The fourth-order valence-corrected chi connectivity index (χ4v) is 1.45. The van der Waals surface area contributed by atoms with Crippen LogP contribution in [0.2, 0.25) is 0 Å². The van der Waals surface area contributed by atoms with Gasteiger partial charge < -0.3 is 0 Å². The summed E-state index contributed by atoms with van der Waals surface area (Å²) in [6, 6.07) is 0. The molecule has 8 heteroatoms. The van der Waals surface area contributed by atoms with Gasteiger partial charge in [0.2, 0.25) is 0 Å². The monoisotopic (exact) mass is 268 g/mol. The first kappa shape index (κ1) is 9.50. The van der Waals surface area contributed by atoms with Crippen LogP contribution in [0.3, 0.4) is 0 Å².